The summed E-state index contributed by atoms with van der Waals surface area (Å²) in [5.41, 5.74) is 0.614. The van der Waals surface area contributed by atoms with E-state index < -0.39 is 20.9 Å². The van der Waals surface area contributed by atoms with Crippen molar-refractivity contribution in [1.29, 1.82) is 0 Å². The van der Waals surface area contributed by atoms with Crippen LogP contribution in [0, 0.1) is 10.1 Å². The molecular formula is C19H20N4O5S2. The molecule has 0 bridgehead atoms. The second-order valence-corrected chi connectivity index (χ2v) is 9.66. The number of amides is 1. The highest BCUT2D eigenvalue weighted by molar-refractivity contribution is 7.89. The lowest BCUT2D eigenvalue weighted by Gasteiger charge is -2.16. The Hall–Kier alpha value is -2.89. The van der Waals surface area contributed by atoms with Crippen molar-refractivity contribution in [3.05, 3.63) is 58.1 Å². The fourth-order valence-corrected chi connectivity index (χ4v) is 4.76. The molecule has 158 valence electrons. The number of thiazole rings is 1. The summed E-state index contributed by atoms with van der Waals surface area (Å²) in [4.78, 5) is 27.2. The van der Waals surface area contributed by atoms with Gasteiger partial charge in [-0.05, 0) is 36.8 Å². The van der Waals surface area contributed by atoms with Gasteiger partial charge in [-0.1, -0.05) is 24.7 Å². The van der Waals surface area contributed by atoms with Gasteiger partial charge in [-0.25, -0.2) is 17.7 Å². The first-order valence-electron chi connectivity index (χ1n) is 9.15. The number of fused-ring (bicyclic) bond motifs is 1. The molecule has 1 heterocycles. The number of hydrogen-bond acceptors (Lipinski definition) is 7. The Kier molecular flexibility index (Phi) is 6.44. The maximum absolute atomic E-state index is 12.6. The Balaban J connectivity index is 1.75. The van der Waals surface area contributed by atoms with Gasteiger partial charge in [0, 0.05) is 31.3 Å². The van der Waals surface area contributed by atoms with Crippen molar-refractivity contribution in [2.45, 2.75) is 24.7 Å². The van der Waals surface area contributed by atoms with Crippen molar-refractivity contribution >= 4 is 48.3 Å². The standard InChI is InChI=1S/C19H20N4O5S2/c1-3-4-11-22(2)30(27,28)15-8-5-13(6-9-15)18(24)21-19-20-16-12-14(23(25)26)7-10-17(16)29-19/h5-10,12H,3-4,11H2,1-2H3,(H,20,21,24). The second kappa shape index (κ2) is 8.86. The summed E-state index contributed by atoms with van der Waals surface area (Å²) < 4.78 is 27.1. The van der Waals surface area contributed by atoms with E-state index in [9.17, 15) is 23.3 Å². The van der Waals surface area contributed by atoms with E-state index in [2.05, 4.69) is 10.3 Å². The maximum Gasteiger partial charge on any atom is 0.271 e. The number of non-ortho nitro benzene ring substituents is 1. The summed E-state index contributed by atoms with van der Waals surface area (Å²) in [5.74, 6) is -0.452. The molecule has 3 rings (SSSR count). The lowest BCUT2D eigenvalue weighted by Crippen LogP contribution is -2.28. The number of nitrogens with one attached hydrogen (secondary N) is 1. The number of aromatic nitrogens is 1. The topological polar surface area (TPSA) is 123 Å². The molecule has 0 radical (unpaired) electrons. The molecule has 0 aliphatic rings. The van der Waals surface area contributed by atoms with Crippen molar-refractivity contribution in [2.75, 3.05) is 18.9 Å². The molecule has 2 aromatic carbocycles. The third-order valence-electron chi connectivity index (χ3n) is 4.45. The average Bonchev–Trinajstić information content (AvgIpc) is 3.13. The minimum atomic E-state index is -3.60. The SMILES string of the molecule is CCCCN(C)S(=O)(=O)c1ccc(C(=O)Nc2nc3cc([N+](=O)[O-])ccc3s2)cc1. The number of nitro benzene ring substituents is 1. The van der Waals surface area contributed by atoms with Gasteiger partial charge in [0.1, 0.15) is 0 Å². The molecule has 0 fully saturated rings. The number of hydrogen-bond donors (Lipinski definition) is 1. The molecule has 0 saturated heterocycles. The predicted molar refractivity (Wildman–Crippen MR) is 115 cm³/mol. The van der Waals surface area contributed by atoms with Crippen LogP contribution in [-0.2, 0) is 10.0 Å². The molecule has 0 unspecified atom stereocenters. The van der Waals surface area contributed by atoms with Crippen LogP contribution in [0.5, 0.6) is 0 Å². The summed E-state index contributed by atoms with van der Waals surface area (Å²) in [7, 11) is -2.07. The fourth-order valence-electron chi connectivity index (χ4n) is 2.71. The Bertz CT molecular complexity index is 1190. The molecule has 0 aliphatic heterocycles. The summed E-state index contributed by atoms with van der Waals surface area (Å²) >= 11 is 1.19. The molecule has 11 heteroatoms. The van der Waals surface area contributed by atoms with Gasteiger partial charge in [-0.3, -0.25) is 20.2 Å². The van der Waals surface area contributed by atoms with Crippen LogP contribution in [0.25, 0.3) is 10.2 Å². The molecule has 30 heavy (non-hydrogen) atoms. The molecule has 0 aliphatic carbocycles. The van der Waals surface area contributed by atoms with Crippen LogP contribution in [0.4, 0.5) is 10.8 Å². The van der Waals surface area contributed by atoms with E-state index in [1.807, 2.05) is 6.92 Å². The van der Waals surface area contributed by atoms with Gasteiger partial charge in [0.2, 0.25) is 10.0 Å². The Morgan fingerprint density at radius 3 is 2.57 bits per heavy atom. The molecule has 0 saturated carbocycles. The highest BCUT2D eigenvalue weighted by Crippen LogP contribution is 2.29. The van der Waals surface area contributed by atoms with Crippen molar-refractivity contribution in [1.82, 2.24) is 9.29 Å². The maximum atomic E-state index is 12.6. The minimum absolute atomic E-state index is 0.0774. The first-order chi connectivity index (χ1) is 14.2. The second-order valence-electron chi connectivity index (χ2n) is 6.59. The van der Waals surface area contributed by atoms with E-state index in [1.54, 1.807) is 6.07 Å². The van der Waals surface area contributed by atoms with Crippen LogP contribution in [0.2, 0.25) is 0 Å². The number of benzene rings is 2. The zero-order valence-electron chi connectivity index (χ0n) is 16.4. The molecule has 9 nitrogen and oxygen atoms in total. The third kappa shape index (κ3) is 4.64. The number of sulfonamides is 1. The van der Waals surface area contributed by atoms with E-state index in [4.69, 9.17) is 0 Å². The number of unbranched alkanes of at least 4 members (excludes halogenated alkanes) is 1. The predicted octanol–water partition coefficient (Wildman–Crippen LogP) is 3.88. The molecule has 0 spiro atoms. The molecular weight excluding hydrogens is 428 g/mol. The van der Waals surface area contributed by atoms with Gasteiger partial charge >= 0.3 is 0 Å². The van der Waals surface area contributed by atoms with E-state index in [0.29, 0.717) is 21.9 Å². The van der Waals surface area contributed by atoms with Crippen molar-refractivity contribution in [3.8, 4) is 0 Å². The Morgan fingerprint density at radius 2 is 1.93 bits per heavy atom. The Morgan fingerprint density at radius 1 is 1.23 bits per heavy atom. The van der Waals surface area contributed by atoms with Crippen molar-refractivity contribution in [2.24, 2.45) is 0 Å². The zero-order chi connectivity index (χ0) is 21.9. The first kappa shape index (κ1) is 21.8. The number of nitrogens with zero attached hydrogens (tertiary/aromatic N) is 3. The number of carbonyl (C=O) groups excluding carboxylic acids is 1. The van der Waals surface area contributed by atoms with E-state index in [1.165, 1.54) is 59.1 Å². The smallest absolute Gasteiger partial charge is 0.271 e. The monoisotopic (exact) mass is 448 g/mol. The number of rotatable bonds is 8. The summed E-state index contributed by atoms with van der Waals surface area (Å²) in [6, 6.07) is 9.97. The fraction of sp³-hybridized carbons (Fsp3) is 0.263. The van der Waals surface area contributed by atoms with Crippen LogP contribution in [0.15, 0.2) is 47.4 Å². The quantitative estimate of drug-likeness (QED) is 0.412. The van der Waals surface area contributed by atoms with Crippen molar-refractivity contribution < 1.29 is 18.1 Å². The third-order valence-corrected chi connectivity index (χ3v) is 7.28. The lowest BCUT2D eigenvalue weighted by molar-refractivity contribution is -0.384. The van der Waals surface area contributed by atoms with Crippen LogP contribution in [0.1, 0.15) is 30.1 Å². The van der Waals surface area contributed by atoms with Gasteiger partial charge in [0.15, 0.2) is 5.13 Å². The highest BCUT2D eigenvalue weighted by Gasteiger charge is 2.21. The van der Waals surface area contributed by atoms with Gasteiger partial charge in [-0.15, -0.1) is 0 Å². The van der Waals surface area contributed by atoms with Crippen LogP contribution in [0.3, 0.4) is 0 Å². The number of anilines is 1. The number of nitro groups is 1. The Labute approximate surface area is 177 Å². The van der Waals surface area contributed by atoms with E-state index >= 15 is 0 Å². The highest BCUT2D eigenvalue weighted by atomic mass is 32.2. The zero-order valence-corrected chi connectivity index (χ0v) is 18.0. The van der Waals surface area contributed by atoms with E-state index in [-0.39, 0.29) is 16.1 Å². The first-order valence-corrected chi connectivity index (χ1v) is 11.4. The summed E-state index contributed by atoms with van der Waals surface area (Å²) in [5, 5.41) is 13.8. The van der Waals surface area contributed by atoms with Gasteiger partial charge < -0.3 is 0 Å². The molecule has 3 aromatic rings. The molecule has 1 N–H and O–H groups in total. The van der Waals surface area contributed by atoms with Gasteiger partial charge in [-0.2, -0.15) is 0 Å². The minimum Gasteiger partial charge on any atom is -0.298 e. The average molecular weight is 449 g/mol. The van der Waals surface area contributed by atoms with E-state index in [0.717, 1.165) is 12.8 Å². The normalized spacial score (nSPS) is 11.7. The summed E-state index contributed by atoms with van der Waals surface area (Å²) in [6.07, 6.45) is 1.65. The molecule has 0 atom stereocenters. The summed E-state index contributed by atoms with van der Waals surface area (Å²) in [6.45, 7) is 2.41. The van der Waals surface area contributed by atoms with Crippen LogP contribution >= 0.6 is 11.3 Å². The molecule has 1 aromatic heterocycles. The molecule has 1 amide bonds. The van der Waals surface area contributed by atoms with Crippen LogP contribution < -0.4 is 5.32 Å². The number of carbonyl (C=O) groups is 1. The van der Waals surface area contributed by atoms with Crippen LogP contribution in [-0.4, -0.2) is 42.1 Å². The van der Waals surface area contributed by atoms with Gasteiger partial charge in [0.05, 0.1) is 20.0 Å². The largest absolute Gasteiger partial charge is 0.298 e. The van der Waals surface area contributed by atoms with Gasteiger partial charge in [0.25, 0.3) is 11.6 Å². The lowest BCUT2D eigenvalue weighted by atomic mass is 10.2. The van der Waals surface area contributed by atoms with Crippen molar-refractivity contribution in [3.63, 3.8) is 0 Å².